The number of nitrogens with zero attached hydrogens (tertiary/aromatic N) is 1. The standard InChI is InChI=1S/C10H18BrNO/c1-5-7-12(8-6-2)9(13)10(3,4)11/h5H,1,6-8H2,2-4H3. The summed E-state index contributed by atoms with van der Waals surface area (Å²) in [7, 11) is 0. The average Bonchev–Trinajstić information content (AvgIpc) is 2.01. The third-order valence-electron chi connectivity index (χ3n) is 1.64. The summed E-state index contributed by atoms with van der Waals surface area (Å²) < 4.78 is -0.467. The first-order chi connectivity index (χ1) is 5.93. The van der Waals surface area contributed by atoms with E-state index in [1.54, 1.807) is 6.08 Å². The van der Waals surface area contributed by atoms with Gasteiger partial charge in [0.15, 0.2) is 0 Å². The fraction of sp³-hybridized carbons (Fsp3) is 0.700. The third-order valence-corrected chi connectivity index (χ3v) is 1.98. The van der Waals surface area contributed by atoms with Gasteiger partial charge >= 0.3 is 0 Å². The van der Waals surface area contributed by atoms with Crippen LogP contribution in [-0.4, -0.2) is 28.2 Å². The van der Waals surface area contributed by atoms with E-state index in [0.717, 1.165) is 13.0 Å². The van der Waals surface area contributed by atoms with Crippen molar-refractivity contribution in [2.45, 2.75) is 31.5 Å². The average molecular weight is 248 g/mol. The molecule has 0 aliphatic carbocycles. The largest absolute Gasteiger partial charge is 0.338 e. The molecule has 3 heteroatoms. The molecular weight excluding hydrogens is 230 g/mol. The second-order valence-electron chi connectivity index (χ2n) is 3.51. The molecule has 1 amide bonds. The van der Waals surface area contributed by atoms with Crippen molar-refractivity contribution in [1.82, 2.24) is 4.90 Å². The van der Waals surface area contributed by atoms with Crippen LogP contribution in [0.15, 0.2) is 12.7 Å². The predicted molar refractivity (Wildman–Crippen MR) is 60.1 cm³/mol. The zero-order chi connectivity index (χ0) is 10.5. The molecule has 0 saturated heterocycles. The highest BCUT2D eigenvalue weighted by atomic mass is 79.9. The minimum Gasteiger partial charge on any atom is -0.338 e. The summed E-state index contributed by atoms with van der Waals surface area (Å²) in [4.78, 5) is 13.6. The number of rotatable bonds is 5. The van der Waals surface area contributed by atoms with Crippen molar-refractivity contribution in [1.29, 1.82) is 0 Å². The third kappa shape index (κ3) is 4.46. The molecule has 0 atom stereocenters. The van der Waals surface area contributed by atoms with E-state index < -0.39 is 4.32 Å². The molecule has 0 rings (SSSR count). The summed E-state index contributed by atoms with van der Waals surface area (Å²) in [6, 6.07) is 0. The van der Waals surface area contributed by atoms with E-state index in [1.807, 2.05) is 18.7 Å². The molecule has 0 aromatic rings. The van der Waals surface area contributed by atoms with Crippen molar-refractivity contribution in [2.75, 3.05) is 13.1 Å². The highest BCUT2D eigenvalue weighted by Crippen LogP contribution is 2.19. The molecule has 0 bridgehead atoms. The zero-order valence-electron chi connectivity index (χ0n) is 8.64. The monoisotopic (exact) mass is 247 g/mol. The topological polar surface area (TPSA) is 20.3 Å². The minimum atomic E-state index is -0.467. The zero-order valence-corrected chi connectivity index (χ0v) is 10.2. The van der Waals surface area contributed by atoms with Crippen LogP contribution in [0, 0.1) is 0 Å². The van der Waals surface area contributed by atoms with Gasteiger partial charge in [0.1, 0.15) is 0 Å². The van der Waals surface area contributed by atoms with Crippen LogP contribution in [0.3, 0.4) is 0 Å². The number of amides is 1. The van der Waals surface area contributed by atoms with Crippen LogP contribution in [0.2, 0.25) is 0 Å². The first-order valence-electron chi connectivity index (χ1n) is 4.52. The number of alkyl halides is 1. The summed E-state index contributed by atoms with van der Waals surface area (Å²) in [5.74, 6) is 0.120. The molecular formula is C10H18BrNO. The van der Waals surface area contributed by atoms with Crippen molar-refractivity contribution in [3.63, 3.8) is 0 Å². The fourth-order valence-corrected chi connectivity index (χ4v) is 1.33. The van der Waals surface area contributed by atoms with Crippen molar-refractivity contribution in [2.24, 2.45) is 0 Å². The lowest BCUT2D eigenvalue weighted by molar-refractivity contribution is -0.132. The van der Waals surface area contributed by atoms with Gasteiger partial charge in [-0.2, -0.15) is 0 Å². The molecule has 2 nitrogen and oxygen atoms in total. The summed E-state index contributed by atoms with van der Waals surface area (Å²) in [5, 5.41) is 0. The Hall–Kier alpha value is -0.310. The van der Waals surface area contributed by atoms with Gasteiger partial charge in [-0.05, 0) is 20.3 Å². The maximum absolute atomic E-state index is 11.8. The van der Waals surface area contributed by atoms with E-state index in [4.69, 9.17) is 0 Å². The number of halogens is 1. The van der Waals surface area contributed by atoms with E-state index in [1.165, 1.54) is 0 Å². The van der Waals surface area contributed by atoms with E-state index >= 15 is 0 Å². The van der Waals surface area contributed by atoms with Crippen molar-refractivity contribution >= 4 is 21.8 Å². The lowest BCUT2D eigenvalue weighted by atomic mass is 10.2. The molecule has 0 aliphatic rings. The van der Waals surface area contributed by atoms with Crippen LogP contribution < -0.4 is 0 Å². The van der Waals surface area contributed by atoms with E-state index in [9.17, 15) is 4.79 Å². The molecule has 0 aliphatic heterocycles. The van der Waals surface area contributed by atoms with Crippen LogP contribution >= 0.6 is 15.9 Å². The van der Waals surface area contributed by atoms with Crippen LogP contribution in [0.1, 0.15) is 27.2 Å². The maximum Gasteiger partial charge on any atom is 0.239 e. The summed E-state index contributed by atoms with van der Waals surface area (Å²) >= 11 is 3.36. The van der Waals surface area contributed by atoms with Crippen molar-refractivity contribution < 1.29 is 4.79 Å². The molecule has 76 valence electrons. The molecule has 0 radical (unpaired) electrons. The Balaban J connectivity index is 4.36. The molecule has 0 saturated carbocycles. The minimum absolute atomic E-state index is 0.120. The highest BCUT2D eigenvalue weighted by molar-refractivity contribution is 9.10. The Morgan fingerprint density at radius 1 is 1.62 bits per heavy atom. The quantitative estimate of drug-likeness (QED) is 0.541. The van der Waals surface area contributed by atoms with Crippen molar-refractivity contribution in [3.05, 3.63) is 12.7 Å². The van der Waals surface area contributed by atoms with E-state index in [2.05, 4.69) is 29.4 Å². The lowest BCUT2D eigenvalue weighted by Gasteiger charge is -2.26. The van der Waals surface area contributed by atoms with E-state index in [-0.39, 0.29) is 5.91 Å². The molecule has 0 fully saturated rings. The molecule has 13 heavy (non-hydrogen) atoms. The second-order valence-corrected chi connectivity index (χ2v) is 5.49. The number of hydrogen-bond donors (Lipinski definition) is 0. The smallest absolute Gasteiger partial charge is 0.239 e. The maximum atomic E-state index is 11.8. The van der Waals surface area contributed by atoms with Crippen LogP contribution in [0.5, 0.6) is 0 Å². The molecule has 0 aromatic carbocycles. The number of carbonyl (C=O) groups is 1. The van der Waals surface area contributed by atoms with Crippen LogP contribution in [0.4, 0.5) is 0 Å². The van der Waals surface area contributed by atoms with Gasteiger partial charge in [0, 0.05) is 13.1 Å². The predicted octanol–water partition coefficient (Wildman–Crippen LogP) is 2.58. The molecule has 0 spiro atoms. The first-order valence-corrected chi connectivity index (χ1v) is 5.32. The Bertz CT molecular complexity index is 184. The van der Waals surface area contributed by atoms with Crippen molar-refractivity contribution in [3.8, 4) is 0 Å². The summed E-state index contributed by atoms with van der Waals surface area (Å²) in [6.45, 7) is 10.8. The molecule has 0 unspecified atom stereocenters. The second kappa shape index (κ2) is 5.43. The SMILES string of the molecule is C=CCN(CCC)C(=O)C(C)(C)Br. The molecule has 0 N–H and O–H groups in total. The van der Waals surface area contributed by atoms with Gasteiger partial charge in [-0.3, -0.25) is 4.79 Å². The summed E-state index contributed by atoms with van der Waals surface area (Å²) in [6.07, 6.45) is 2.73. The van der Waals surface area contributed by atoms with Gasteiger partial charge in [0.2, 0.25) is 5.91 Å². The number of hydrogen-bond acceptors (Lipinski definition) is 1. The van der Waals surface area contributed by atoms with Crippen LogP contribution in [0.25, 0.3) is 0 Å². The Morgan fingerprint density at radius 3 is 2.46 bits per heavy atom. The van der Waals surface area contributed by atoms with Gasteiger partial charge in [0.05, 0.1) is 4.32 Å². The normalized spacial score (nSPS) is 11.1. The Labute approximate surface area is 89.1 Å². The molecule has 0 heterocycles. The Kier molecular flexibility index (Phi) is 5.30. The van der Waals surface area contributed by atoms with Gasteiger partial charge in [-0.1, -0.05) is 28.9 Å². The number of carbonyl (C=O) groups excluding carboxylic acids is 1. The van der Waals surface area contributed by atoms with Gasteiger partial charge in [-0.25, -0.2) is 0 Å². The first kappa shape index (κ1) is 12.7. The van der Waals surface area contributed by atoms with Gasteiger partial charge in [-0.15, -0.1) is 6.58 Å². The highest BCUT2D eigenvalue weighted by Gasteiger charge is 2.27. The van der Waals surface area contributed by atoms with Crippen LogP contribution in [-0.2, 0) is 4.79 Å². The summed E-state index contributed by atoms with van der Waals surface area (Å²) in [5.41, 5.74) is 0. The van der Waals surface area contributed by atoms with Gasteiger partial charge in [0.25, 0.3) is 0 Å². The molecule has 0 aromatic heterocycles. The van der Waals surface area contributed by atoms with Gasteiger partial charge < -0.3 is 4.90 Å². The Morgan fingerprint density at radius 2 is 2.15 bits per heavy atom. The van der Waals surface area contributed by atoms with E-state index in [0.29, 0.717) is 6.54 Å². The lowest BCUT2D eigenvalue weighted by Crippen LogP contribution is -2.42. The fourth-order valence-electron chi connectivity index (χ4n) is 1.08.